The fourth-order valence-corrected chi connectivity index (χ4v) is 5.37. The van der Waals surface area contributed by atoms with Gasteiger partial charge < -0.3 is 4.90 Å². The Morgan fingerprint density at radius 2 is 0.471 bits per heavy atom. The predicted molar refractivity (Wildman–Crippen MR) is 158 cm³/mol. The Kier molecular flexibility index (Phi) is 31.0. The average Bonchev–Trinajstić information content (AvgIpc) is 2.86. The predicted octanol–water partition coefficient (Wildman–Crippen LogP) is 11.9. The maximum absolute atomic E-state index is 2.56. The lowest BCUT2D eigenvalue weighted by molar-refractivity contribution is 0.295. The van der Waals surface area contributed by atoms with E-state index in [1.54, 1.807) is 0 Å². The first-order chi connectivity index (χ1) is 16.8. The van der Waals surface area contributed by atoms with E-state index in [-0.39, 0.29) is 0 Å². The Morgan fingerprint density at radius 3 is 0.676 bits per heavy atom. The quantitative estimate of drug-likeness (QED) is 0.0925. The molecule has 0 aliphatic heterocycles. The van der Waals surface area contributed by atoms with Crippen LogP contribution >= 0.6 is 0 Å². The van der Waals surface area contributed by atoms with Crippen LogP contribution in [0.4, 0.5) is 0 Å². The molecule has 0 amide bonds. The van der Waals surface area contributed by atoms with Crippen LogP contribution in [0, 0.1) is 0 Å². The highest BCUT2D eigenvalue weighted by atomic mass is 15.1. The highest BCUT2D eigenvalue weighted by Crippen LogP contribution is 2.16. The van der Waals surface area contributed by atoms with Gasteiger partial charge in [-0.1, -0.05) is 188 Å². The van der Waals surface area contributed by atoms with E-state index < -0.39 is 0 Å². The first-order valence-electron chi connectivity index (χ1n) is 16.6. The molecule has 0 aromatic rings. The molecule has 34 heavy (non-hydrogen) atoms. The van der Waals surface area contributed by atoms with Crippen LogP contribution in [0.5, 0.6) is 0 Å². The lowest BCUT2D eigenvalue weighted by Gasteiger charge is -2.17. The van der Waals surface area contributed by atoms with E-state index >= 15 is 0 Å². The Hall–Kier alpha value is -0.0400. The molecule has 0 saturated carbocycles. The first kappa shape index (κ1) is 34.0. The molecule has 0 heterocycles. The van der Waals surface area contributed by atoms with Crippen molar-refractivity contribution < 1.29 is 0 Å². The number of hydrogen-bond acceptors (Lipinski definition) is 1. The summed E-state index contributed by atoms with van der Waals surface area (Å²) in [7, 11) is 0. The van der Waals surface area contributed by atoms with Crippen LogP contribution in [-0.2, 0) is 0 Å². The van der Waals surface area contributed by atoms with E-state index in [1.165, 1.54) is 193 Å². The van der Waals surface area contributed by atoms with E-state index in [2.05, 4.69) is 25.7 Å². The molecule has 1 nitrogen and oxygen atoms in total. The number of nitrogens with zero attached hydrogens (tertiary/aromatic N) is 1. The van der Waals surface area contributed by atoms with Crippen LogP contribution in [0.15, 0.2) is 0 Å². The lowest BCUT2D eigenvalue weighted by atomic mass is 10.0. The molecule has 0 aliphatic carbocycles. The summed E-state index contributed by atoms with van der Waals surface area (Å²) in [5.41, 5.74) is 0. The fourth-order valence-electron chi connectivity index (χ4n) is 5.37. The van der Waals surface area contributed by atoms with Gasteiger partial charge in [0.1, 0.15) is 0 Å². The molecule has 0 unspecified atom stereocenters. The van der Waals surface area contributed by atoms with Gasteiger partial charge in [-0.05, 0) is 26.1 Å². The smallest absolute Gasteiger partial charge is 0.00190 e. The third-order valence-corrected chi connectivity index (χ3v) is 7.97. The zero-order valence-corrected chi connectivity index (χ0v) is 24.7. The molecule has 0 fully saturated rings. The monoisotopic (exact) mass is 480 g/mol. The van der Waals surface area contributed by atoms with E-state index in [0.29, 0.717) is 0 Å². The van der Waals surface area contributed by atoms with Crippen LogP contribution in [-0.4, -0.2) is 24.5 Å². The summed E-state index contributed by atoms with van der Waals surface area (Å²) in [5.74, 6) is 0. The summed E-state index contributed by atoms with van der Waals surface area (Å²) >= 11 is 0. The van der Waals surface area contributed by atoms with E-state index in [1.807, 2.05) is 0 Å². The molecular weight excluding hydrogens is 410 g/mol. The van der Waals surface area contributed by atoms with Gasteiger partial charge in [-0.2, -0.15) is 0 Å². The van der Waals surface area contributed by atoms with Crippen molar-refractivity contribution >= 4 is 0 Å². The van der Waals surface area contributed by atoms with Crippen LogP contribution in [0.2, 0.25) is 0 Å². The highest BCUT2D eigenvalue weighted by Gasteiger charge is 1.99. The van der Waals surface area contributed by atoms with Gasteiger partial charge in [0, 0.05) is 0 Å². The SMILES string of the molecule is CCCCCCCCCCCCCCCCCCCCCCCCCCCCCN(CC)CC. The van der Waals surface area contributed by atoms with Gasteiger partial charge in [0.25, 0.3) is 0 Å². The molecule has 0 radical (unpaired) electrons. The summed E-state index contributed by atoms with van der Waals surface area (Å²) in [6, 6.07) is 0. The molecule has 0 spiro atoms. The summed E-state index contributed by atoms with van der Waals surface area (Å²) in [4.78, 5) is 2.56. The Bertz CT molecular complexity index is 335. The van der Waals surface area contributed by atoms with Gasteiger partial charge >= 0.3 is 0 Å². The van der Waals surface area contributed by atoms with Crippen molar-refractivity contribution in [2.24, 2.45) is 0 Å². The third-order valence-electron chi connectivity index (χ3n) is 7.97. The zero-order chi connectivity index (χ0) is 24.8. The molecule has 0 saturated heterocycles. The van der Waals surface area contributed by atoms with Gasteiger partial charge in [-0.3, -0.25) is 0 Å². The van der Waals surface area contributed by atoms with Crippen LogP contribution in [0.25, 0.3) is 0 Å². The van der Waals surface area contributed by atoms with Crippen molar-refractivity contribution in [2.75, 3.05) is 19.6 Å². The van der Waals surface area contributed by atoms with Crippen molar-refractivity contribution in [3.05, 3.63) is 0 Å². The molecule has 0 rings (SSSR count). The second-order valence-electron chi connectivity index (χ2n) is 11.2. The zero-order valence-electron chi connectivity index (χ0n) is 24.7. The maximum atomic E-state index is 2.56. The largest absolute Gasteiger partial charge is 0.304 e. The second kappa shape index (κ2) is 31.0. The van der Waals surface area contributed by atoms with Crippen molar-refractivity contribution in [3.8, 4) is 0 Å². The van der Waals surface area contributed by atoms with E-state index in [4.69, 9.17) is 0 Å². The number of rotatable bonds is 30. The molecule has 206 valence electrons. The first-order valence-corrected chi connectivity index (χ1v) is 16.6. The molecule has 0 aliphatic rings. The third kappa shape index (κ3) is 28.2. The van der Waals surface area contributed by atoms with Crippen molar-refractivity contribution in [1.82, 2.24) is 4.90 Å². The molecule has 1 heteroatoms. The van der Waals surface area contributed by atoms with Crippen LogP contribution in [0.3, 0.4) is 0 Å². The molecule has 0 aromatic heterocycles. The fraction of sp³-hybridized carbons (Fsp3) is 1.00. The second-order valence-corrected chi connectivity index (χ2v) is 11.2. The Labute approximate surface area is 218 Å². The number of hydrogen-bond donors (Lipinski definition) is 0. The van der Waals surface area contributed by atoms with Crippen molar-refractivity contribution in [1.29, 1.82) is 0 Å². The van der Waals surface area contributed by atoms with Crippen LogP contribution < -0.4 is 0 Å². The summed E-state index contributed by atoms with van der Waals surface area (Å²) in [5, 5.41) is 0. The normalized spacial score (nSPS) is 11.6. The number of unbranched alkanes of at least 4 members (excludes halogenated alkanes) is 26. The molecule has 0 bridgehead atoms. The van der Waals surface area contributed by atoms with Gasteiger partial charge in [-0.15, -0.1) is 0 Å². The topological polar surface area (TPSA) is 3.24 Å². The van der Waals surface area contributed by atoms with Gasteiger partial charge in [0.15, 0.2) is 0 Å². The lowest BCUT2D eigenvalue weighted by Crippen LogP contribution is -2.23. The molecular formula is C33H69N. The summed E-state index contributed by atoms with van der Waals surface area (Å²) in [6.07, 6.45) is 39.8. The van der Waals surface area contributed by atoms with Crippen molar-refractivity contribution in [3.63, 3.8) is 0 Å². The standard InChI is InChI=1S/C33H69N/c1-4-7-8-9-10-11-12-13-14-15-16-17-18-19-20-21-22-23-24-25-26-27-28-29-30-31-32-33-34(5-2)6-3/h4-33H2,1-3H3. The highest BCUT2D eigenvalue weighted by molar-refractivity contribution is 4.54. The molecule has 0 N–H and O–H groups in total. The molecule has 0 aromatic carbocycles. The maximum Gasteiger partial charge on any atom is -0.00190 e. The Morgan fingerprint density at radius 1 is 0.265 bits per heavy atom. The van der Waals surface area contributed by atoms with Crippen molar-refractivity contribution in [2.45, 2.75) is 194 Å². The Balaban J connectivity index is 3.04. The molecule has 0 atom stereocenters. The van der Waals surface area contributed by atoms with E-state index in [9.17, 15) is 0 Å². The van der Waals surface area contributed by atoms with Crippen LogP contribution in [0.1, 0.15) is 194 Å². The van der Waals surface area contributed by atoms with Gasteiger partial charge in [0.2, 0.25) is 0 Å². The van der Waals surface area contributed by atoms with E-state index in [0.717, 1.165) is 0 Å². The minimum Gasteiger partial charge on any atom is -0.304 e. The summed E-state index contributed by atoms with van der Waals surface area (Å²) in [6.45, 7) is 10.6. The summed E-state index contributed by atoms with van der Waals surface area (Å²) < 4.78 is 0. The minimum atomic E-state index is 1.22. The van der Waals surface area contributed by atoms with Gasteiger partial charge in [-0.25, -0.2) is 0 Å². The average molecular weight is 480 g/mol. The minimum absolute atomic E-state index is 1.22. The van der Waals surface area contributed by atoms with Gasteiger partial charge in [0.05, 0.1) is 0 Å².